The smallest absolute Gasteiger partial charge is 0.222 e. The van der Waals surface area contributed by atoms with Crippen molar-refractivity contribution in [2.45, 2.75) is 25.8 Å². The molecule has 0 bridgehead atoms. The zero-order valence-electron chi connectivity index (χ0n) is 19.6. The molecule has 0 aliphatic carbocycles. The third-order valence-electron chi connectivity index (χ3n) is 7.12. The predicted octanol–water partition coefficient (Wildman–Crippen LogP) is 3.24. The van der Waals surface area contributed by atoms with Crippen LogP contribution in [0.2, 0.25) is 0 Å². The van der Waals surface area contributed by atoms with Crippen LogP contribution in [0.4, 0.5) is 0 Å². The molecular formula is C27H33N5O2. The molecule has 2 saturated heterocycles. The summed E-state index contributed by atoms with van der Waals surface area (Å²) < 4.78 is 5.54. The van der Waals surface area contributed by atoms with Crippen molar-refractivity contribution in [1.82, 2.24) is 25.3 Å². The Kier molecular flexibility index (Phi) is 7.31. The zero-order valence-corrected chi connectivity index (χ0v) is 19.6. The molecule has 2 aliphatic heterocycles. The van der Waals surface area contributed by atoms with Crippen molar-refractivity contribution >= 4 is 5.91 Å². The van der Waals surface area contributed by atoms with E-state index in [-0.39, 0.29) is 0 Å². The van der Waals surface area contributed by atoms with Crippen LogP contribution in [0.25, 0.3) is 11.5 Å². The van der Waals surface area contributed by atoms with Crippen molar-refractivity contribution in [2.24, 2.45) is 11.8 Å². The number of rotatable bonds is 7. The molecule has 0 saturated carbocycles. The number of nitrogens with zero attached hydrogens (tertiary/aromatic N) is 4. The van der Waals surface area contributed by atoms with E-state index in [9.17, 15) is 4.79 Å². The van der Waals surface area contributed by atoms with Gasteiger partial charge in [-0.1, -0.05) is 41.6 Å². The Morgan fingerprint density at radius 2 is 1.85 bits per heavy atom. The van der Waals surface area contributed by atoms with E-state index < -0.39 is 0 Å². The van der Waals surface area contributed by atoms with E-state index in [2.05, 4.69) is 55.6 Å². The van der Waals surface area contributed by atoms with Crippen molar-refractivity contribution in [3.05, 3.63) is 72.1 Å². The fourth-order valence-electron chi connectivity index (χ4n) is 5.14. The SMILES string of the molecule is O=C(CC1CCNCC1Cc1cc(-c2ccccn2)on1)N1CCN(Cc2ccccc2)CC1. The first-order chi connectivity index (χ1) is 16.7. The molecule has 2 aromatic heterocycles. The molecule has 0 radical (unpaired) electrons. The number of benzene rings is 1. The van der Waals surface area contributed by atoms with Gasteiger partial charge in [-0.05, 0) is 55.5 Å². The van der Waals surface area contributed by atoms with Crippen LogP contribution in [-0.4, -0.2) is 65.1 Å². The van der Waals surface area contributed by atoms with E-state index in [0.29, 0.717) is 29.9 Å². The molecule has 1 amide bonds. The number of carbonyl (C=O) groups is 1. The summed E-state index contributed by atoms with van der Waals surface area (Å²) in [7, 11) is 0. The molecule has 2 unspecified atom stereocenters. The van der Waals surface area contributed by atoms with Gasteiger partial charge in [-0.15, -0.1) is 0 Å². The first kappa shape index (κ1) is 22.7. The van der Waals surface area contributed by atoms with Gasteiger partial charge in [0.05, 0.1) is 5.69 Å². The van der Waals surface area contributed by atoms with Crippen LogP contribution in [0, 0.1) is 11.8 Å². The standard InChI is InChI=1S/C27H33N5O2/c33-27(32-14-12-31(13-15-32)20-21-6-2-1-3-7-21)17-22-9-11-28-19-23(22)16-24-18-26(34-30-24)25-8-4-5-10-29-25/h1-8,10,18,22-23,28H,9,11-17,19-20H2. The van der Waals surface area contributed by atoms with Gasteiger partial charge in [-0.25, -0.2) is 0 Å². The van der Waals surface area contributed by atoms with Crippen molar-refractivity contribution in [3.8, 4) is 11.5 Å². The lowest BCUT2D eigenvalue weighted by atomic mass is 9.81. The number of pyridine rings is 1. The van der Waals surface area contributed by atoms with E-state index in [1.54, 1.807) is 6.20 Å². The van der Waals surface area contributed by atoms with E-state index in [1.807, 2.05) is 24.3 Å². The molecule has 7 nitrogen and oxygen atoms in total. The topological polar surface area (TPSA) is 74.5 Å². The van der Waals surface area contributed by atoms with Crippen molar-refractivity contribution < 1.29 is 9.32 Å². The number of aromatic nitrogens is 2. The van der Waals surface area contributed by atoms with Crippen LogP contribution in [0.1, 0.15) is 24.1 Å². The average Bonchev–Trinajstić information content (AvgIpc) is 3.35. The second kappa shape index (κ2) is 10.9. The van der Waals surface area contributed by atoms with Crippen LogP contribution in [0.5, 0.6) is 0 Å². The van der Waals surface area contributed by atoms with E-state index in [4.69, 9.17) is 4.52 Å². The minimum absolute atomic E-state index is 0.297. The molecule has 178 valence electrons. The second-order valence-electron chi connectivity index (χ2n) is 9.46. The highest BCUT2D eigenvalue weighted by Crippen LogP contribution is 2.28. The number of amides is 1. The van der Waals surface area contributed by atoms with Crippen LogP contribution in [-0.2, 0) is 17.8 Å². The largest absolute Gasteiger partial charge is 0.354 e. The number of piperazine rings is 1. The first-order valence-corrected chi connectivity index (χ1v) is 12.4. The molecule has 34 heavy (non-hydrogen) atoms. The molecule has 5 rings (SSSR count). The summed E-state index contributed by atoms with van der Waals surface area (Å²) in [6.07, 6.45) is 4.21. The van der Waals surface area contributed by atoms with Crippen molar-refractivity contribution in [1.29, 1.82) is 0 Å². The Bertz CT molecular complexity index is 1050. The van der Waals surface area contributed by atoms with Gasteiger partial charge in [-0.3, -0.25) is 14.7 Å². The fraction of sp³-hybridized carbons (Fsp3) is 0.444. The van der Waals surface area contributed by atoms with E-state index in [0.717, 1.165) is 70.0 Å². The monoisotopic (exact) mass is 459 g/mol. The maximum Gasteiger partial charge on any atom is 0.222 e. The third-order valence-corrected chi connectivity index (χ3v) is 7.12. The van der Waals surface area contributed by atoms with Crippen LogP contribution in [0.15, 0.2) is 65.3 Å². The Labute approximate surface area is 201 Å². The minimum atomic E-state index is 0.297. The maximum atomic E-state index is 13.2. The summed E-state index contributed by atoms with van der Waals surface area (Å²) in [5, 5.41) is 7.79. The van der Waals surface area contributed by atoms with Crippen LogP contribution >= 0.6 is 0 Å². The summed E-state index contributed by atoms with van der Waals surface area (Å²) in [5.41, 5.74) is 3.06. The van der Waals surface area contributed by atoms with Gasteiger partial charge in [0.25, 0.3) is 0 Å². The van der Waals surface area contributed by atoms with Gasteiger partial charge in [0.1, 0.15) is 5.69 Å². The summed E-state index contributed by atoms with van der Waals surface area (Å²) >= 11 is 0. The summed E-state index contributed by atoms with van der Waals surface area (Å²) in [6, 6.07) is 18.3. The van der Waals surface area contributed by atoms with Gasteiger partial charge in [0, 0.05) is 51.4 Å². The van der Waals surface area contributed by atoms with Crippen LogP contribution < -0.4 is 5.32 Å². The molecule has 3 aromatic rings. The van der Waals surface area contributed by atoms with E-state index >= 15 is 0 Å². The Hall–Kier alpha value is -3.03. The van der Waals surface area contributed by atoms with Crippen molar-refractivity contribution in [2.75, 3.05) is 39.3 Å². The minimum Gasteiger partial charge on any atom is -0.354 e. The van der Waals surface area contributed by atoms with Crippen molar-refractivity contribution in [3.63, 3.8) is 0 Å². The number of carbonyl (C=O) groups excluding carboxylic acids is 1. The molecule has 1 N–H and O–H groups in total. The molecule has 2 atom stereocenters. The maximum absolute atomic E-state index is 13.2. The molecular weight excluding hydrogens is 426 g/mol. The lowest BCUT2D eigenvalue weighted by molar-refractivity contribution is -0.134. The predicted molar refractivity (Wildman–Crippen MR) is 131 cm³/mol. The number of hydrogen-bond acceptors (Lipinski definition) is 6. The van der Waals surface area contributed by atoms with Gasteiger partial charge in [0.15, 0.2) is 5.76 Å². The lowest BCUT2D eigenvalue weighted by Gasteiger charge is -2.37. The highest BCUT2D eigenvalue weighted by atomic mass is 16.5. The van der Waals surface area contributed by atoms with Crippen LogP contribution in [0.3, 0.4) is 0 Å². The molecule has 0 spiro atoms. The summed E-state index contributed by atoms with van der Waals surface area (Å²) in [6.45, 7) is 6.34. The van der Waals surface area contributed by atoms with Gasteiger partial charge >= 0.3 is 0 Å². The molecule has 4 heterocycles. The summed E-state index contributed by atoms with van der Waals surface area (Å²) in [5.74, 6) is 1.73. The second-order valence-corrected chi connectivity index (χ2v) is 9.46. The number of piperidine rings is 1. The number of hydrogen-bond donors (Lipinski definition) is 1. The normalized spacial score (nSPS) is 21.5. The Balaban J connectivity index is 1.14. The molecule has 1 aromatic carbocycles. The average molecular weight is 460 g/mol. The fourth-order valence-corrected chi connectivity index (χ4v) is 5.14. The van der Waals surface area contributed by atoms with Gasteiger partial charge < -0.3 is 14.7 Å². The highest BCUT2D eigenvalue weighted by molar-refractivity contribution is 5.76. The van der Waals surface area contributed by atoms with Gasteiger partial charge in [-0.2, -0.15) is 0 Å². The Morgan fingerprint density at radius 3 is 2.65 bits per heavy atom. The highest BCUT2D eigenvalue weighted by Gasteiger charge is 2.30. The summed E-state index contributed by atoms with van der Waals surface area (Å²) in [4.78, 5) is 22.0. The van der Waals surface area contributed by atoms with Gasteiger partial charge in [0.2, 0.25) is 5.91 Å². The third kappa shape index (κ3) is 5.72. The molecule has 2 aliphatic rings. The number of nitrogens with one attached hydrogen (secondary N) is 1. The molecule has 2 fully saturated rings. The lowest BCUT2D eigenvalue weighted by Crippen LogP contribution is -2.49. The quantitative estimate of drug-likeness (QED) is 0.585. The zero-order chi connectivity index (χ0) is 23.2. The molecule has 7 heteroatoms. The van der Waals surface area contributed by atoms with E-state index in [1.165, 1.54) is 5.56 Å². The Morgan fingerprint density at radius 1 is 1.03 bits per heavy atom. The first-order valence-electron chi connectivity index (χ1n) is 12.4.